The molecule has 10 aromatic rings. The van der Waals surface area contributed by atoms with Gasteiger partial charge in [-0.05, 0) is 0 Å². The molecule has 5 heteroatoms. The topological polar surface area (TPSA) is 43.6 Å². The molecule has 0 aliphatic heterocycles. The van der Waals surface area contributed by atoms with E-state index in [1.165, 1.54) is 29.5 Å². The molecular formula is C51H36GeN4. The van der Waals surface area contributed by atoms with Crippen molar-refractivity contribution < 1.29 is 0 Å². The van der Waals surface area contributed by atoms with Gasteiger partial charge in [0.2, 0.25) is 0 Å². The fraction of sp³-hybridized carbons (Fsp3) is 0. The summed E-state index contributed by atoms with van der Waals surface area (Å²) >= 11 is -2.40. The Balaban J connectivity index is 1.22. The van der Waals surface area contributed by atoms with E-state index in [0.717, 1.165) is 39.0 Å². The molecular weight excluding hydrogens is 741 g/mol. The third-order valence-electron chi connectivity index (χ3n) is 10.6. The van der Waals surface area contributed by atoms with Gasteiger partial charge in [-0.1, -0.05) is 12.1 Å². The van der Waals surface area contributed by atoms with Gasteiger partial charge in [0, 0.05) is 0 Å². The molecule has 56 heavy (non-hydrogen) atoms. The van der Waals surface area contributed by atoms with Crippen LogP contribution in [-0.2, 0) is 0 Å². The van der Waals surface area contributed by atoms with Gasteiger partial charge in [0.05, 0.1) is 0 Å². The van der Waals surface area contributed by atoms with Crippen LogP contribution in [-0.4, -0.2) is 33.9 Å². The van der Waals surface area contributed by atoms with Crippen molar-refractivity contribution in [2.45, 2.75) is 0 Å². The van der Waals surface area contributed by atoms with E-state index >= 15 is 0 Å². The quantitative estimate of drug-likeness (QED) is 0.144. The number of fused-ring (bicyclic) bond motifs is 3. The molecule has 2 aromatic heterocycles. The standard InChI is InChI=1S/C51H36GeN4/c1-5-18-36(19-6-1)49-53-50(37-20-7-2-8-21-37)55-51(54-49)45-35-39(32-33-48(45)56-46-30-15-13-28-43(46)44-29-14-16-31-47(44)56)38-22-17-27-42(34-38)52(40-23-9-3-10-24-40)41-25-11-4-12-26-41/h1-35,52H. The van der Waals surface area contributed by atoms with E-state index in [4.69, 9.17) is 15.0 Å². The maximum absolute atomic E-state index is 5.26. The number of hydrogen-bond donors (Lipinski definition) is 0. The summed E-state index contributed by atoms with van der Waals surface area (Å²) in [7, 11) is 0. The molecule has 0 saturated heterocycles. The molecule has 0 spiro atoms. The Hall–Kier alpha value is -6.89. The van der Waals surface area contributed by atoms with Crippen molar-refractivity contribution in [3.05, 3.63) is 212 Å². The van der Waals surface area contributed by atoms with Crippen LogP contribution in [0, 0.1) is 0 Å². The second kappa shape index (κ2) is 14.7. The summed E-state index contributed by atoms with van der Waals surface area (Å²) in [6.45, 7) is 0. The number of benzene rings is 8. The van der Waals surface area contributed by atoms with Crippen LogP contribution in [0.1, 0.15) is 0 Å². The van der Waals surface area contributed by atoms with E-state index in [2.05, 4.69) is 180 Å². The van der Waals surface area contributed by atoms with Gasteiger partial charge in [-0.15, -0.1) is 0 Å². The van der Waals surface area contributed by atoms with Crippen molar-refractivity contribution in [3.8, 4) is 51.0 Å². The predicted octanol–water partition coefficient (Wildman–Crippen LogP) is 9.89. The van der Waals surface area contributed by atoms with Gasteiger partial charge in [-0.2, -0.15) is 0 Å². The number of aromatic nitrogens is 4. The monoisotopic (exact) mass is 778 g/mol. The van der Waals surface area contributed by atoms with E-state index in [1.54, 1.807) is 0 Å². The molecule has 8 aromatic carbocycles. The first-order chi connectivity index (χ1) is 27.8. The first kappa shape index (κ1) is 33.7. The van der Waals surface area contributed by atoms with E-state index in [1.807, 2.05) is 36.4 Å². The van der Waals surface area contributed by atoms with E-state index in [9.17, 15) is 0 Å². The van der Waals surface area contributed by atoms with E-state index in [-0.39, 0.29) is 0 Å². The van der Waals surface area contributed by atoms with Crippen LogP contribution < -0.4 is 13.2 Å². The molecule has 0 aliphatic carbocycles. The second-order valence-electron chi connectivity index (χ2n) is 14.0. The van der Waals surface area contributed by atoms with Crippen molar-refractivity contribution in [1.82, 2.24) is 19.5 Å². The zero-order valence-electron chi connectivity index (χ0n) is 30.6. The van der Waals surface area contributed by atoms with Gasteiger partial charge < -0.3 is 0 Å². The molecule has 264 valence electrons. The Morgan fingerprint density at radius 2 is 0.750 bits per heavy atom. The van der Waals surface area contributed by atoms with Gasteiger partial charge in [-0.25, -0.2) is 0 Å². The third-order valence-corrected chi connectivity index (χ3v) is 17.1. The summed E-state index contributed by atoms with van der Waals surface area (Å²) in [6.07, 6.45) is 0. The average Bonchev–Trinajstić information content (AvgIpc) is 3.62. The van der Waals surface area contributed by atoms with Crippen LogP contribution in [0.15, 0.2) is 212 Å². The van der Waals surface area contributed by atoms with Gasteiger partial charge in [0.25, 0.3) is 0 Å². The Labute approximate surface area is 330 Å². The SMILES string of the molecule is c1ccc(-c2nc(-c3ccccc3)nc(-c3cc(-c4ccc[c]([GeH]([c]5ccccc5)[c]5ccccc5)c4)ccc3-n3c4ccccc4c4ccccc43)n2)cc1. The average molecular weight is 777 g/mol. The Morgan fingerprint density at radius 3 is 1.30 bits per heavy atom. The fourth-order valence-electron chi connectivity index (χ4n) is 7.97. The van der Waals surface area contributed by atoms with Crippen LogP contribution >= 0.6 is 0 Å². The molecule has 2 heterocycles. The number of para-hydroxylation sites is 2. The van der Waals surface area contributed by atoms with Gasteiger partial charge >= 0.3 is 320 Å². The Morgan fingerprint density at radius 1 is 0.321 bits per heavy atom. The molecule has 4 nitrogen and oxygen atoms in total. The van der Waals surface area contributed by atoms with E-state index < -0.39 is 14.3 Å². The summed E-state index contributed by atoms with van der Waals surface area (Å²) in [4.78, 5) is 15.6. The van der Waals surface area contributed by atoms with Crippen LogP contribution in [0.25, 0.3) is 72.8 Å². The molecule has 0 aliphatic rings. The minimum absolute atomic E-state index is 0.622. The molecule has 0 unspecified atom stereocenters. The summed E-state index contributed by atoms with van der Waals surface area (Å²) < 4.78 is 6.67. The first-order valence-corrected chi connectivity index (χ1v) is 22.6. The van der Waals surface area contributed by atoms with Crippen molar-refractivity contribution in [2.24, 2.45) is 0 Å². The molecule has 0 bridgehead atoms. The normalized spacial score (nSPS) is 11.4. The third kappa shape index (κ3) is 6.30. The van der Waals surface area contributed by atoms with Gasteiger partial charge in [-0.3, -0.25) is 0 Å². The summed E-state index contributed by atoms with van der Waals surface area (Å²) in [6, 6.07) is 75.8. The number of rotatable bonds is 8. The van der Waals surface area contributed by atoms with Crippen molar-refractivity contribution in [2.75, 3.05) is 0 Å². The molecule has 0 N–H and O–H groups in total. The maximum atomic E-state index is 5.26. The van der Waals surface area contributed by atoms with Gasteiger partial charge in [0.15, 0.2) is 0 Å². The van der Waals surface area contributed by atoms with E-state index in [0.29, 0.717) is 17.5 Å². The molecule has 0 radical (unpaired) electrons. The van der Waals surface area contributed by atoms with Crippen molar-refractivity contribution in [3.63, 3.8) is 0 Å². The molecule has 10 rings (SSSR count). The predicted molar refractivity (Wildman–Crippen MR) is 235 cm³/mol. The second-order valence-corrected chi connectivity index (χ2v) is 20.0. The van der Waals surface area contributed by atoms with Crippen LogP contribution in [0.3, 0.4) is 0 Å². The first-order valence-electron chi connectivity index (χ1n) is 19.0. The zero-order valence-corrected chi connectivity index (χ0v) is 33.0. The van der Waals surface area contributed by atoms with Gasteiger partial charge in [0.1, 0.15) is 0 Å². The fourth-order valence-corrected chi connectivity index (χ4v) is 14.3. The Kier molecular flexibility index (Phi) is 8.86. The molecule has 0 saturated carbocycles. The summed E-state index contributed by atoms with van der Waals surface area (Å²) in [5.74, 6) is 1.89. The van der Waals surface area contributed by atoms with Crippen LogP contribution in [0.4, 0.5) is 0 Å². The van der Waals surface area contributed by atoms with Crippen LogP contribution in [0.5, 0.6) is 0 Å². The molecule has 0 amide bonds. The van der Waals surface area contributed by atoms with Crippen molar-refractivity contribution in [1.29, 1.82) is 0 Å². The van der Waals surface area contributed by atoms with Crippen molar-refractivity contribution >= 4 is 49.3 Å². The summed E-state index contributed by atoms with van der Waals surface area (Å²) in [5.41, 5.74) is 8.36. The van der Waals surface area contributed by atoms with Crippen LogP contribution in [0.2, 0.25) is 0 Å². The zero-order chi connectivity index (χ0) is 37.3. The number of nitrogens with zero attached hydrogens (tertiary/aromatic N) is 4. The minimum atomic E-state index is -2.40. The molecule has 0 atom stereocenters. The molecule has 0 fully saturated rings. The Bertz CT molecular complexity index is 2810. The number of hydrogen-bond acceptors (Lipinski definition) is 3. The summed E-state index contributed by atoms with van der Waals surface area (Å²) in [5, 5.41) is 2.41.